The molecule has 2 aromatic rings. The van der Waals surface area contributed by atoms with Crippen molar-refractivity contribution in [2.24, 2.45) is 7.05 Å². The van der Waals surface area contributed by atoms with Gasteiger partial charge in [0.1, 0.15) is 0 Å². The summed E-state index contributed by atoms with van der Waals surface area (Å²) in [5, 5.41) is 10.3. The van der Waals surface area contributed by atoms with Crippen LogP contribution < -0.4 is 10.6 Å². The average Bonchev–Trinajstić information content (AvgIpc) is 2.98. The van der Waals surface area contributed by atoms with E-state index >= 15 is 0 Å². The van der Waals surface area contributed by atoms with Crippen LogP contribution in [-0.2, 0) is 20.0 Å². The van der Waals surface area contributed by atoms with E-state index in [-0.39, 0.29) is 18.0 Å². The van der Waals surface area contributed by atoms with Gasteiger partial charge < -0.3 is 15.5 Å². The van der Waals surface area contributed by atoms with Crippen molar-refractivity contribution in [1.29, 1.82) is 0 Å². The van der Waals surface area contributed by atoms with E-state index < -0.39 is 0 Å². The highest BCUT2D eigenvalue weighted by Crippen LogP contribution is 2.23. The Morgan fingerprint density at radius 1 is 1.27 bits per heavy atom. The number of para-hydroxylation sites is 1. The first kappa shape index (κ1) is 18.0. The molecule has 0 bridgehead atoms. The Kier molecular flexibility index (Phi) is 5.25. The topological polar surface area (TPSA) is 79.3 Å². The van der Waals surface area contributed by atoms with Crippen LogP contribution in [0.2, 0.25) is 0 Å². The first-order valence-corrected chi connectivity index (χ1v) is 8.96. The van der Waals surface area contributed by atoms with Crippen LogP contribution in [-0.4, -0.2) is 39.2 Å². The molecule has 0 saturated heterocycles. The van der Waals surface area contributed by atoms with Crippen molar-refractivity contribution < 1.29 is 9.59 Å². The number of carbonyl (C=O) groups is 2. The van der Waals surface area contributed by atoms with E-state index in [2.05, 4.69) is 15.7 Å². The van der Waals surface area contributed by atoms with Gasteiger partial charge in [-0.15, -0.1) is 0 Å². The van der Waals surface area contributed by atoms with Crippen molar-refractivity contribution in [3.8, 4) is 0 Å². The second kappa shape index (κ2) is 7.59. The highest BCUT2D eigenvalue weighted by atomic mass is 16.2. The van der Waals surface area contributed by atoms with E-state index in [4.69, 9.17) is 0 Å². The van der Waals surface area contributed by atoms with Gasteiger partial charge in [-0.25, -0.2) is 4.79 Å². The third-order valence-corrected chi connectivity index (χ3v) is 4.76. The predicted molar refractivity (Wildman–Crippen MR) is 100 cm³/mol. The number of carbonyl (C=O) groups excluding carboxylic acids is 2. The summed E-state index contributed by atoms with van der Waals surface area (Å²) >= 11 is 0. The summed E-state index contributed by atoms with van der Waals surface area (Å²) in [5.41, 5.74) is 2.94. The third kappa shape index (κ3) is 3.71. The molecule has 0 unspecified atom stereocenters. The molecule has 2 heterocycles. The Hall–Kier alpha value is -2.83. The van der Waals surface area contributed by atoms with Crippen molar-refractivity contribution >= 4 is 17.6 Å². The molecular formula is C19H25N5O2. The first-order chi connectivity index (χ1) is 12.5. The zero-order chi connectivity index (χ0) is 18.7. The summed E-state index contributed by atoms with van der Waals surface area (Å²) in [5.74, 6) is -0.253. The number of hydrogen-bond acceptors (Lipinski definition) is 3. The van der Waals surface area contributed by atoms with Crippen LogP contribution in [0, 0.1) is 0 Å². The molecule has 1 aromatic carbocycles. The number of urea groups is 1. The molecule has 0 aliphatic carbocycles. The van der Waals surface area contributed by atoms with Crippen molar-refractivity contribution in [1.82, 2.24) is 20.0 Å². The van der Waals surface area contributed by atoms with Crippen molar-refractivity contribution in [2.45, 2.75) is 39.3 Å². The number of nitrogens with zero attached hydrogens (tertiary/aromatic N) is 3. The zero-order valence-corrected chi connectivity index (χ0v) is 15.5. The minimum absolute atomic E-state index is 0.0942. The molecule has 0 fully saturated rings. The number of amides is 3. The minimum Gasteiger partial charge on any atom is -0.336 e. The van der Waals surface area contributed by atoms with Crippen LogP contribution in [0.5, 0.6) is 0 Å². The van der Waals surface area contributed by atoms with Gasteiger partial charge in [0.05, 0.1) is 6.54 Å². The quantitative estimate of drug-likeness (QED) is 0.884. The number of benzene rings is 1. The molecule has 3 amide bonds. The summed E-state index contributed by atoms with van der Waals surface area (Å²) in [7, 11) is 1.84. The smallest absolute Gasteiger partial charge is 0.317 e. The second-order valence-corrected chi connectivity index (χ2v) is 6.65. The molecule has 3 rings (SSSR count). The van der Waals surface area contributed by atoms with Gasteiger partial charge in [0, 0.05) is 43.0 Å². The maximum absolute atomic E-state index is 12.7. The first-order valence-electron chi connectivity index (χ1n) is 8.96. The maximum Gasteiger partial charge on any atom is 0.317 e. The van der Waals surface area contributed by atoms with Gasteiger partial charge in [-0.1, -0.05) is 25.1 Å². The molecule has 1 aliphatic heterocycles. The van der Waals surface area contributed by atoms with Gasteiger partial charge in [0.25, 0.3) is 5.91 Å². The molecule has 138 valence electrons. The monoisotopic (exact) mass is 355 g/mol. The van der Waals surface area contributed by atoms with Crippen LogP contribution >= 0.6 is 0 Å². The van der Waals surface area contributed by atoms with Gasteiger partial charge >= 0.3 is 6.03 Å². The molecular weight excluding hydrogens is 330 g/mol. The number of rotatable bonds is 4. The Balaban J connectivity index is 1.79. The highest BCUT2D eigenvalue weighted by molar-refractivity contribution is 6.04. The third-order valence-electron chi connectivity index (χ3n) is 4.76. The Morgan fingerprint density at radius 3 is 2.69 bits per heavy atom. The van der Waals surface area contributed by atoms with E-state index in [9.17, 15) is 9.59 Å². The summed E-state index contributed by atoms with van der Waals surface area (Å²) in [6.07, 6.45) is 1.56. The SMILES string of the molecule is CC[C@H](C)NC(=O)N1CCc2c(c(C(=O)Nc3ccccc3)nn2C)C1. The Bertz CT molecular complexity index is 800. The molecule has 1 aromatic heterocycles. The van der Waals surface area contributed by atoms with Gasteiger partial charge in [-0.2, -0.15) is 5.10 Å². The summed E-state index contributed by atoms with van der Waals surface area (Å²) in [6.45, 7) is 5.03. The predicted octanol–water partition coefficient (Wildman–Crippen LogP) is 2.54. The summed E-state index contributed by atoms with van der Waals surface area (Å²) < 4.78 is 1.75. The van der Waals surface area contributed by atoms with Gasteiger partial charge in [-0.3, -0.25) is 9.48 Å². The lowest BCUT2D eigenvalue weighted by Crippen LogP contribution is -2.46. The van der Waals surface area contributed by atoms with Gasteiger partial charge in [0.15, 0.2) is 5.69 Å². The highest BCUT2D eigenvalue weighted by Gasteiger charge is 2.29. The summed E-state index contributed by atoms with van der Waals surface area (Å²) in [6, 6.07) is 9.32. The minimum atomic E-state index is -0.253. The van der Waals surface area contributed by atoms with Gasteiger partial charge in [0.2, 0.25) is 0 Å². The van der Waals surface area contributed by atoms with E-state index in [1.54, 1.807) is 9.58 Å². The fourth-order valence-corrected chi connectivity index (χ4v) is 3.06. The fourth-order valence-electron chi connectivity index (χ4n) is 3.06. The second-order valence-electron chi connectivity index (χ2n) is 6.65. The Labute approximate surface area is 153 Å². The number of fused-ring (bicyclic) bond motifs is 1. The van der Waals surface area contributed by atoms with Crippen LogP contribution in [0.1, 0.15) is 42.0 Å². The molecule has 7 nitrogen and oxygen atoms in total. The van der Waals surface area contributed by atoms with Crippen LogP contribution in [0.4, 0.5) is 10.5 Å². The van der Waals surface area contributed by atoms with Crippen molar-refractivity contribution in [3.05, 3.63) is 47.3 Å². The molecule has 0 radical (unpaired) electrons. The standard InChI is InChI=1S/C19H25N5O2/c1-4-13(2)20-19(26)24-11-10-16-15(12-24)17(22-23(16)3)18(25)21-14-8-6-5-7-9-14/h5-9,13H,4,10-12H2,1-3H3,(H,20,26)(H,21,25)/t13-/m0/s1. The van der Waals surface area contributed by atoms with E-state index in [0.29, 0.717) is 25.2 Å². The van der Waals surface area contributed by atoms with Crippen LogP contribution in [0.15, 0.2) is 30.3 Å². The number of nitrogens with one attached hydrogen (secondary N) is 2. The molecule has 0 saturated carbocycles. The molecule has 2 N–H and O–H groups in total. The number of aryl methyl sites for hydroxylation is 1. The molecule has 1 atom stereocenters. The largest absolute Gasteiger partial charge is 0.336 e. The Morgan fingerprint density at radius 2 is 2.00 bits per heavy atom. The lowest BCUT2D eigenvalue weighted by molar-refractivity contribution is 0.101. The normalized spacial score (nSPS) is 14.5. The van der Waals surface area contributed by atoms with E-state index in [1.165, 1.54) is 0 Å². The number of aromatic nitrogens is 2. The fraction of sp³-hybridized carbons (Fsp3) is 0.421. The molecule has 26 heavy (non-hydrogen) atoms. The van der Waals surface area contributed by atoms with E-state index in [1.807, 2.05) is 51.2 Å². The maximum atomic E-state index is 12.7. The molecule has 0 spiro atoms. The lowest BCUT2D eigenvalue weighted by Gasteiger charge is -2.29. The van der Waals surface area contributed by atoms with Crippen LogP contribution in [0.3, 0.4) is 0 Å². The average molecular weight is 355 g/mol. The molecule has 7 heteroatoms. The van der Waals surface area contributed by atoms with E-state index in [0.717, 1.165) is 23.4 Å². The van der Waals surface area contributed by atoms with Crippen molar-refractivity contribution in [3.63, 3.8) is 0 Å². The van der Waals surface area contributed by atoms with Gasteiger partial charge in [-0.05, 0) is 25.5 Å². The van der Waals surface area contributed by atoms with Crippen molar-refractivity contribution in [2.75, 3.05) is 11.9 Å². The number of hydrogen-bond donors (Lipinski definition) is 2. The lowest BCUT2D eigenvalue weighted by atomic mass is 10.0. The number of anilines is 1. The van der Waals surface area contributed by atoms with Crippen LogP contribution in [0.25, 0.3) is 0 Å². The molecule has 1 aliphatic rings. The zero-order valence-electron chi connectivity index (χ0n) is 15.5. The summed E-state index contributed by atoms with van der Waals surface area (Å²) in [4.78, 5) is 26.9.